The number of benzene rings is 3. The minimum absolute atomic E-state index is 0.0104. The summed E-state index contributed by atoms with van der Waals surface area (Å²) in [6.45, 7) is 8.00. The summed E-state index contributed by atoms with van der Waals surface area (Å²) in [5.74, 6) is -0.864. The number of halogens is 1. The van der Waals surface area contributed by atoms with Crippen LogP contribution in [0.4, 0.5) is 11.4 Å². The van der Waals surface area contributed by atoms with Gasteiger partial charge in [-0.3, -0.25) is 14.4 Å². The molecule has 1 aliphatic rings. The third-order valence-corrected chi connectivity index (χ3v) is 7.75. The van der Waals surface area contributed by atoms with E-state index >= 15 is 0 Å². The van der Waals surface area contributed by atoms with Crippen molar-refractivity contribution in [2.45, 2.75) is 52.5 Å². The number of rotatable bonds is 9. The van der Waals surface area contributed by atoms with Gasteiger partial charge in [0.15, 0.2) is 0 Å². The normalized spacial score (nSPS) is 16.7. The standard InChI is InChI=1S/C32H35ClN2O5/c1-5-34(24-14-12-23(33)13-15-24)30(37)27-20-21(2)35(28-9-7-6-8-26(27)28)29(36)22-10-16-25(17-11-22)40-19-18-32(3,4)31(38)39/h6-17,21,27H,5,18-20H2,1-4H3,(H,38,39)/t21-,27+/m1/s1. The van der Waals surface area contributed by atoms with Crippen molar-refractivity contribution >= 4 is 40.8 Å². The lowest BCUT2D eigenvalue weighted by Crippen LogP contribution is -2.46. The van der Waals surface area contributed by atoms with Gasteiger partial charge in [-0.1, -0.05) is 29.8 Å². The van der Waals surface area contributed by atoms with E-state index in [1.807, 2.05) is 50.2 Å². The van der Waals surface area contributed by atoms with E-state index in [0.717, 1.165) is 16.9 Å². The van der Waals surface area contributed by atoms with Gasteiger partial charge in [-0.05, 0) is 101 Å². The molecule has 0 bridgehead atoms. The Morgan fingerprint density at radius 3 is 2.30 bits per heavy atom. The van der Waals surface area contributed by atoms with Crippen molar-refractivity contribution in [3.8, 4) is 5.75 Å². The predicted octanol–water partition coefficient (Wildman–Crippen LogP) is 6.80. The molecule has 0 aliphatic carbocycles. The van der Waals surface area contributed by atoms with Crippen molar-refractivity contribution in [3.63, 3.8) is 0 Å². The molecule has 0 unspecified atom stereocenters. The summed E-state index contributed by atoms with van der Waals surface area (Å²) < 4.78 is 5.73. The first kappa shape index (κ1) is 29.2. The molecule has 4 rings (SSSR count). The molecule has 2 amide bonds. The topological polar surface area (TPSA) is 87.2 Å². The molecule has 40 heavy (non-hydrogen) atoms. The smallest absolute Gasteiger partial charge is 0.309 e. The van der Waals surface area contributed by atoms with E-state index in [1.54, 1.807) is 60.0 Å². The Hall–Kier alpha value is -3.84. The monoisotopic (exact) mass is 562 g/mol. The number of carbonyl (C=O) groups is 3. The van der Waals surface area contributed by atoms with Crippen LogP contribution in [-0.2, 0) is 9.59 Å². The molecule has 0 radical (unpaired) electrons. The third kappa shape index (κ3) is 6.15. The maximum Gasteiger partial charge on any atom is 0.309 e. The molecule has 2 atom stereocenters. The van der Waals surface area contributed by atoms with Gasteiger partial charge in [0.25, 0.3) is 5.91 Å². The SMILES string of the molecule is CCN(C(=O)[C@H]1C[C@@H](C)N(C(=O)c2ccc(OCCC(C)(C)C(=O)O)cc2)c2ccccc21)c1ccc(Cl)cc1. The number of carboxylic acid groups (broad SMARTS) is 1. The summed E-state index contributed by atoms with van der Waals surface area (Å²) in [6, 6.07) is 21.5. The van der Waals surface area contributed by atoms with E-state index < -0.39 is 17.3 Å². The fraction of sp³-hybridized carbons (Fsp3) is 0.344. The number of hydrogen-bond acceptors (Lipinski definition) is 4. The summed E-state index contributed by atoms with van der Waals surface area (Å²) in [4.78, 5) is 42.4. The Kier molecular flexibility index (Phi) is 8.84. The highest BCUT2D eigenvalue weighted by Gasteiger charge is 2.39. The molecule has 0 saturated carbocycles. The average molecular weight is 563 g/mol. The van der Waals surface area contributed by atoms with Crippen LogP contribution in [-0.4, -0.2) is 42.1 Å². The van der Waals surface area contributed by atoms with E-state index in [4.69, 9.17) is 16.3 Å². The highest BCUT2D eigenvalue weighted by molar-refractivity contribution is 6.30. The van der Waals surface area contributed by atoms with Crippen molar-refractivity contribution in [3.05, 3.63) is 88.9 Å². The van der Waals surface area contributed by atoms with Gasteiger partial charge in [-0.25, -0.2) is 0 Å². The molecule has 3 aromatic carbocycles. The third-order valence-electron chi connectivity index (χ3n) is 7.50. The number of aliphatic carboxylic acids is 1. The van der Waals surface area contributed by atoms with Gasteiger partial charge in [-0.15, -0.1) is 0 Å². The second-order valence-electron chi connectivity index (χ2n) is 10.7. The molecular weight excluding hydrogens is 528 g/mol. The van der Waals surface area contributed by atoms with Crippen LogP contribution in [0, 0.1) is 5.41 Å². The number of fused-ring (bicyclic) bond motifs is 1. The first-order valence-corrected chi connectivity index (χ1v) is 13.9. The lowest BCUT2D eigenvalue weighted by molar-refractivity contribution is -0.147. The summed E-state index contributed by atoms with van der Waals surface area (Å²) in [6.07, 6.45) is 0.852. The van der Waals surface area contributed by atoms with Crippen molar-refractivity contribution in [1.29, 1.82) is 0 Å². The molecule has 1 N–H and O–H groups in total. The van der Waals surface area contributed by atoms with Gasteiger partial charge < -0.3 is 19.6 Å². The van der Waals surface area contributed by atoms with E-state index in [0.29, 0.717) is 35.7 Å². The van der Waals surface area contributed by atoms with Crippen LogP contribution in [0.1, 0.15) is 62.4 Å². The van der Waals surface area contributed by atoms with Crippen LogP contribution < -0.4 is 14.5 Å². The molecule has 8 heteroatoms. The van der Waals surface area contributed by atoms with Gasteiger partial charge >= 0.3 is 5.97 Å². The van der Waals surface area contributed by atoms with Crippen molar-refractivity contribution in [2.75, 3.05) is 23.0 Å². The lowest BCUT2D eigenvalue weighted by Gasteiger charge is -2.40. The Balaban J connectivity index is 1.53. The minimum Gasteiger partial charge on any atom is -0.494 e. The summed E-state index contributed by atoms with van der Waals surface area (Å²) in [5.41, 5.74) is 1.96. The number of anilines is 2. The predicted molar refractivity (Wildman–Crippen MR) is 158 cm³/mol. The second-order valence-corrected chi connectivity index (χ2v) is 11.2. The van der Waals surface area contributed by atoms with Gasteiger partial charge in [-0.2, -0.15) is 0 Å². The fourth-order valence-corrected chi connectivity index (χ4v) is 5.12. The maximum absolute atomic E-state index is 13.8. The summed E-state index contributed by atoms with van der Waals surface area (Å²) in [5, 5.41) is 9.89. The molecule has 0 saturated heterocycles. The molecule has 7 nitrogen and oxygen atoms in total. The molecule has 0 fully saturated rings. The van der Waals surface area contributed by atoms with Crippen LogP contribution in [0.2, 0.25) is 5.02 Å². The number of carboxylic acids is 1. The zero-order valence-electron chi connectivity index (χ0n) is 23.3. The Bertz CT molecular complexity index is 1370. The van der Waals surface area contributed by atoms with Gasteiger partial charge in [0.05, 0.1) is 17.9 Å². The quantitative estimate of drug-likeness (QED) is 0.310. The van der Waals surface area contributed by atoms with E-state index in [1.165, 1.54) is 0 Å². The van der Waals surface area contributed by atoms with Gasteiger partial charge in [0.1, 0.15) is 5.75 Å². The van der Waals surface area contributed by atoms with Gasteiger partial charge in [0, 0.05) is 34.5 Å². The van der Waals surface area contributed by atoms with Gasteiger partial charge in [0.2, 0.25) is 5.91 Å². The van der Waals surface area contributed by atoms with E-state index in [9.17, 15) is 19.5 Å². The number of nitrogens with zero attached hydrogens (tertiary/aromatic N) is 2. The Morgan fingerprint density at radius 1 is 1.02 bits per heavy atom. The molecule has 3 aromatic rings. The molecule has 210 valence electrons. The zero-order valence-corrected chi connectivity index (χ0v) is 24.0. The van der Waals surface area contributed by atoms with Crippen molar-refractivity contribution in [1.82, 2.24) is 0 Å². The van der Waals surface area contributed by atoms with Crippen LogP contribution >= 0.6 is 11.6 Å². The van der Waals surface area contributed by atoms with Crippen molar-refractivity contribution < 1.29 is 24.2 Å². The molecule has 1 heterocycles. The zero-order chi connectivity index (χ0) is 29.0. The number of para-hydroxylation sites is 1. The highest BCUT2D eigenvalue weighted by Crippen LogP contribution is 2.41. The molecule has 0 spiro atoms. The highest BCUT2D eigenvalue weighted by atomic mass is 35.5. The first-order chi connectivity index (χ1) is 19.0. The maximum atomic E-state index is 13.8. The number of amides is 2. The van der Waals surface area contributed by atoms with E-state index in [2.05, 4.69) is 0 Å². The van der Waals surface area contributed by atoms with Crippen molar-refractivity contribution in [2.24, 2.45) is 5.41 Å². The van der Waals surface area contributed by atoms with E-state index in [-0.39, 0.29) is 24.5 Å². The first-order valence-electron chi connectivity index (χ1n) is 13.5. The Morgan fingerprint density at radius 2 is 1.68 bits per heavy atom. The number of carbonyl (C=O) groups excluding carboxylic acids is 2. The molecule has 1 aliphatic heterocycles. The Labute approximate surface area is 240 Å². The average Bonchev–Trinajstić information content (AvgIpc) is 2.94. The van der Waals surface area contributed by atoms with Crippen LogP contribution in [0.3, 0.4) is 0 Å². The van der Waals surface area contributed by atoms with Crippen LogP contribution in [0.15, 0.2) is 72.8 Å². The number of likely N-dealkylation sites (N-methyl/N-ethyl adjacent to an activating group) is 1. The lowest BCUT2D eigenvalue weighted by atomic mass is 9.84. The summed E-state index contributed by atoms with van der Waals surface area (Å²) in [7, 11) is 0. The van der Waals surface area contributed by atoms with Crippen LogP contribution in [0.5, 0.6) is 5.75 Å². The minimum atomic E-state index is -0.879. The largest absolute Gasteiger partial charge is 0.494 e. The van der Waals surface area contributed by atoms with Crippen LogP contribution in [0.25, 0.3) is 0 Å². The summed E-state index contributed by atoms with van der Waals surface area (Å²) >= 11 is 6.06. The number of hydrogen-bond donors (Lipinski definition) is 1. The number of ether oxygens (including phenoxy) is 1. The molecular formula is C32H35ClN2O5. The molecule has 0 aromatic heterocycles. The fourth-order valence-electron chi connectivity index (χ4n) is 4.99. The second kappa shape index (κ2) is 12.1.